The summed E-state index contributed by atoms with van der Waals surface area (Å²) in [5, 5.41) is 8.06. The molecule has 0 radical (unpaired) electrons. The number of benzene rings is 2. The van der Waals surface area contributed by atoms with Crippen molar-refractivity contribution in [3.8, 4) is 28.4 Å². The number of aromatic nitrogens is 2. The molecule has 2 aromatic carbocycles. The molecule has 1 aliphatic heterocycles. The third kappa shape index (κ3) is 3.17. The van der Waals surface area contributed by atoms with Crippen LogP contribution in [0.1, 0.15) is 18.4 Å². The van der Waals surface area contributed by atoms with Crippen molar-refractivity contribution in [2.75, 3.05) is 26.1 Å². The normalized spacial score (nSPS) is 13.4. The predicted molar refractivity (Wildman–Crippen MR) is 103 cm³/mol. The SMILES string of the molecule is COc1ccc(OC)c(-c2nn(-c3ccc(F)cc3F)c3c2CCCCN3)c1. The number of hydrogen-bond donors (Lipinski definition) is 1. The molecule has 1 N–H and O–H groups in total. The Morgan fingerprint density at radius 3 is 2.64 bits per heavy atom. The van der Waals surface area contributed by atoms with E-state index in [1.54, 1.807) is 14.2 Å². The van der Waals surface area contributed by atoms with Crippen molar-refractivity contribution in [3.05, 3.63) is 53.6 Å². The highest BCUT2D eigenvalue weighted by Crippen LogP contribution is 2.39. The van der Waals surface area contributed by atoms with E-state index >= 15 is 0 Å². The van der Waals surface area contributed by atoms with Gasteiger partial charge in [0, 0.05) is 23.7 Å². The Kier molecular flexibility index (Phi) is 4.90. The fraction of sp³-hybridized carbons (Fsp3) is 0.286. The predicted octanol–water partition coefficient (Wildman–Crippen LogP) is 4.58. The van der Waals surface area contributed by atoms with Crippen molar-refractivity contribution >= 4 is 5.82 Å². The fourth-order valence-electron chi connectivity index (χ4n) is 3.55. The van der Waals surface area contributed by atoms with Crippen molar-refractivity contribution in [3.63, 3.8) is 0 Å². The highest BCUT2D eigenvalue weighted by molar-refractivity contribution is 5.76. The van der Waals surface area contributed by atoms with Gasteiger partial charge in [-0.3, -0.25) is 0 Å². The Labute approximate surface area is 161 Å². The Hall–Kier alpha value is -3.09. The van der Waals surface area contributed by atoms with Crippen LogP contribution >= 0.6 is 0 Å². The number of anilines is 1. The van der Waals surface area contributed by atoms with Gasteiger partial charge in [0.25, 0.3) is 0 Å². The van der Waals surface area contributed by atoms with Crippen LogP contribution in [0.2, 0.25) is 0 Å². The van der Waals surface area contributed by atoms with E-state index in [1.807, 2.05) is 18.2 Å². The van der Waals surface area contributed by atoms with Gasteiger partial charge in [-0.15, -0.1) is 0 Å². The maximum absolute atomic E-state index is 14.5. The summed E-state index contributed by atoms with van der Waals surface area (Å²) in [6, 6.07) is 8.99. The molecule has 28 heavy (non-hydrogen) atoms. The number of ether oxygens (including phenoxy) is 2. The lowest BCUT2D eigenvalue weighted by Gasteiger charge is -2.10. The van der Waals surface area contributed by atoms with Crippen LogP contribution in [0, 0.1) is 11.6 Å². The minimum absolute atomic E-state index is 0.195. The first-order valence-electron chi connectivity index (χ1n) is 9.16. The average molecular weight is 385 g/mol. The Balaban J connectivity index is 1.96. The minimum Gasteiger partial charge on any atom is -0.497 e. The lowest BCUT2D eigenvalue weighted by Crippen LogP contribution is -2.08. The zero-order valence-corrected chi connectivity index (χ0v) is 15.8. The summed E-state index contributed by atoms with van der Waals surface area (Å²) in [6.45, 7) is 0.760. The van der Waals surface area contributed by atoms with Crippen LogP contribution in [0.5, 0.6) is 11.5 Å². The van der Waals surface area contributed by atoms with Gasteiger partial charge in [-0.05, 0) is 49.6 Å². The highest BCUT2D eigenvalue weighted by Gasteiger charge is 2.25. The van der Waals surface area contributed by atoms with Gasteiger partial charge in [-0.2, -0.15) is 5.10 Å². The van der Waals surface area contributed by atoms with Gasteiger partial charge in [-0.25, -0.2) is 13.5 Å². The van der Waals surface area contributed by atoms with E-state index in [9.17, 15) is 8.78 Å². The first-order valence-corrected chi connectivity index (χ1v) is 9.16. The summed E-state index contributed by atoms with van der Waals surface area (Å²) in [6.07, 6.45) is 2.77. The molecule has 1 aliphatic rings. The second-order valence-corrected chi connectivity index (χ2v) is 6.63. The fourth-order valence-corrected chi connectivity index (χ4v) is 3.55. The maximum Gasteiger partial charge on any atom is 0.151 e. The van der Waals surface area contributed by atoms with Crippen molar-refractivity contribution in [1.29, 1.82) is 0 Å². The number of nitrogens with one attached hydrogen (secondary N) is 1. The third-order valence-electron chi connectivity index (χ3n) is 4.93. The lowest BCUT2D eigenvalue weighted by atomic mass is 10.0. The van der Waals surface area contributed by atoms with Crippen molar-refractivity contribution in [2.24, 2.45) is 0 Å². The number of methoxy groups -OCH3 is 2. The molecule has 7 heteroatoms. The molecule has 0 spiro atoms. The van der Waals surface area contributed by atoms with Gasteiger partial charge < -0.3 is 14.8 Å². The van der Waals surface area contributed by atoms with Crippen LogP contribution in [-0.4, -0.2) is 30.5 Å². The van der Waals surface area contributed by atoms with Gasteiger partial charge in [0.05, 0.1) is 14.2 Å². The molecule has 0 amide bonds. The van der Waals surface area contributed by atoms with Crippen molar-refractivity contribution in [2.45, 2.75) is 19.3 Å². The lowest BCUT2D eigenvalue weighted by molar-refractivity contribution is 0.404. The van der Waals surface area contributed by atoms with Crippen LogP contribution in [0.15, 0.2) is 36.4 Å². The van der Waals surface area contributed by atoms with Gasteiger partial charge >= 0.3 is 0 Å². The second-order valence-electron chi connectivity index (χ2n) is 6.63. The molecular formula is C21H21F2N3O2. The molecule has 0 saturated heterocycles. The maximum atomic E-state index is 14.5. The van der Waals surface area contributed by atoms with Crippen LogP contribution in [0.3, 0.4) is 0 Å². The van der Waals surface area contributed by atoms with Gasteiger partial charge in [0.1, 0.15) is 34.5 Å². The second kappa shape index (κ2) is 7.50. The molecule has 2 heterocycles. The Bertz CT molecular complexity index is 1020. The molecule has 146 valence electrons. The molecule has 0 bridgehead atoms. The van der Waals surface area contributed by atoms with E-state index in [4.69, 9.17) is 14.6 Å². The van der Waals surface area contributed by atoms with Crippen molar-refractivity contribution in [1.82, 2.24) is 9.78 Å². The summed E-state index contributed by atoms with van der Waals surface area (Å²) < 4.78 is 40.3. The van der Waals surface area contributed by atoms with E-state index in [0.717, 1.165) is 48.8 Å². The summed E-state index contributed by atoms with van der Waals surface area (Å²) in [5.41, 5.74) is 2.64. The monoisotopic (exact) mass is 385 g/mol. The Morgan fingerprint density at radius 2 is 1.89 bits per heavy atom. The van der Waals surface area contributed by atoms with Gasteiger partial charge in [0.2, 0.25) is 0 Å². The van der Waals surface area contributed by atoms with E-state index < -0.39 is 11.6 Å². The molecular weight excluding hydrogens is 364 g/mol. The van der Waals surface area contributed by atoms with E-state index in [2.05, 4.69) is 5.32 Å². The topological polar surface area (TPSA) is 48.3 Å². The summed E-state index contributed by atoms with van der Waals surface area (Å²) in [5.74, 6) is 0.760. The molecule has 0 saturated carbocycles. The Morgan fingerprint density at radius 1 is 1.04 bits per heavy atom. The number of fused-ring (bicyclic) bond motifs is 1. The number of hydrogen-bond acceptors (Lipinski definition) is 4. The number of halogens is 2. The summed E-state index contributed by atoms with van der Waals surface area (Å²) >= 11 is 0. The molecule has 0 aliphatic carbocycles. The largest absolute Gasteiger partial charge is 0.497 e. The van der Waals surface area contributed by atoms with E-state index in [-0.39, 0.29) is 5.69 Å². The molecule has 0 unspecified atom stereocenters. The van der Waals surface area contributed by atoms with Crippen LogP contribution in [0.25, 0.3) is 16.9 Å². The van der Waals surface area contributed by atoms with Gasteiger partial charge in [0.15, 0.2) is 5.82 Å². The smallest absolute Gasteiger partial charge is 0.151 e. The number of nitrogens with zero attached hydrogens (tertiary/aromatic N) is 2. The molecule has 4 rings (SSSR count). The average Bonchev–Trinajstić information content (AvgIpc) is 2.88. The molecule has 0 fully saturated rings. The third-order valence-corrected chi connectivity index (χ3v) is 4.93. The van der Waals surface area contributed by atoms with Crippen LogP contribution in [-0.2, 0) is 6.42 Å². The first-order chi connectivity index (χ1) is 13.6. The van der Waals surface area contributed by atoms with Crippen LogP contribution in [0.4, 0.5) is 14.6 Å². The number of rotatable bonds is 4. The summed E-state index contributed by atoms with van der Waals surface area (Å²) in [7, 11) is 3.19. The zero-order chi connectivity index (χ0) is 19.7. The van der Waals surface area contributed by atoms with E-state index in [0.29, 0.717) is 17.2 Å². The minimum atomic E-state index is -0.666. The van der Waals surface area contributed by atoms with Crippen LogP contribution < -0.4 is 14.8 Å². The highest BCUT2D eigenvalue weighted by atomic mass is 19.1. The van der Waals surface area contributed by atoms with Crippen molar-refractivity contribution < 1.29 is 18.3 Å². The summed E-state index contributed by atoms with van der Waals surface area (Å²) in [4.78, 5) is 0. The quantitative estimate of drug-likeness (QED) is 0.714. The molecule has 3 aromatic rings. The molecule has 5 nitrogen and oxygen atoms in total. The van der Waals surface area contributed by atoms with Gasteiger partial charge in [-0.1, -0.05) is 0 Å². The first kappa shape index (κ1) is 18.3. The molecule has 1 aromatic heterocycles. The molecule has 0 atom stereocenters. The standard InChI is InChI=1S/C21H21F2N3O2/c1-27-14-7-9-19(28-2)16(12-14)20-15-5-3-4-10-24-21(15)26(25-20)18-8-6-13(22)11-17(18)23/h6-9,11-12,24H,3-5,10H2,1-2H3. The van der Waals surface area contributed by atoms with E-state index in [1.165, 1.54) is 16.8 Å². The zero-order valence-electron chi connectivity index (χ0n) is 15.8.